The Morgan fingerprint density at radius 1 is 1.67 bits per heavy atom. The highest BCUT2D eigenvalue weighted by Gasteiger charge is 1.97. The number of rotatable bonds is 3. The van der Waals surface area contributed by atoms with E-state index in [2.05, 4.69) is 4.37 Å². The fourth-order valence-corrected chi connectivity index (χ4v) is 1.60. The van der Waals surface area contributed by atoms with Crippen molar-refractivity contribution < 1.29 is 8.78 Å². The third kappa shape index (κ3) is 3.09. The number of nitrogens with zero attached hydrogens (tertiary/aromatic N) is 1. The number of allylic oxidation sites excluding steroid dienone is 1. The first kappa shape index (κ1) is 9.32. The first-order chi connectivity index (χ1) is 5.68. The Balaban J connectivity index is 2.38. The minimum atomic E-state index is -1.60. The van der Waals surface area contributed by atoms with Gasteiger partial charge in [-0.1, -0.05) is 0 Å². The van der Waals surface area contributed by atoms with Gasteiger partial charge in [0.2, 0.25) is 0 Å². The molecule has 1 aromatic rings. The van der Waals surface area contributed by atoms with Crippen LogP contribution in [0.15, 0.2) is 18.2 Å². The molecule has 0 saturated heterocycles. The van der Waals surface area contributed by atoms with Gasteiger partial charge in [-0.25, -0.2) is 0 Å². The lowest BCUT2D eigenvalue weighted by Gasteiger charge is -1.88. The van der Waals surface area contributed by atoms with Crippen molar-refractivity contribution in [3.8, 4) is 0 Å². The van der Waals surface area contributed by atoms with Gasteiger partial charge in [0.1, 0.15) is 0 Å². The summed E-state index contributed by atoms with van der Waals surface area (Å²) in [5.41, 5.74) is 0.958. The van der Waals surface area contributed by atoms with Crippen LogP contribution in [0.4, 0.5) is 8.78 Å². The molecular weight excluding hydrogens is 180 g/mol. The van der Waals surface area contributed by atoms with E-state index in [9.17, 15) is 8.78 Å². The Kier molecular flexibility index (Phi) is 3.34. The van der Waals surface area contributed by atoms with Gasteiger partial charge < -0.3 is 0 Å². The Morgan fingerprint density at radius 3 is 2.92 bits per heavy atom. The van der Waals surface area contributed by atoms with E-state index in [-0.39, 0.29) is 0 Å². The van der Waals surface area contributed by atoms with Gasteiger partial charge in [0.05, 0.1) is 5.69 Å². The van der Waals surface area contributed by atoms with Gasteiger partial charge in [-0.3, -0.25) is 0 Å². The lowest BCUT2D eigenvalue weighted by molar-refractivity contribution is 0.417. The number of hydrogen-bond acceptors (Lipinski definition) is 2. The highest BCUT2D eigenvalue weighted by molar-refractivity contribution is 7.05. The van der Waals surface area contributed by atoms with Crippen molar-refractivity contribution >= 4 is 11.5 Å². The van der Waals surface area contributed by atoms with Crippen LogP contribution in [-0.2, 0) is 6.42 Å². The fraction of sp³-hybridized carbons (Fsp3) is 0.375. The van der Waals surface area contributed by atoms with Gasteiger partial charge >= 0.3 is 0 Å². The molecule has 1 rings (SSSR count). The Hall–Kier alpha value is -0.770. The summed E-state index contributed by atoms with van der Waals surface area (Å²) in [6.45, 7) is 1.89. The van der Waals surface area contributed by atoms with Gasteiger partial charge in [0.25, 0.3) is 6.08 Å². The quantitative estimate of drug-likeness (QED) is 0.711. The normalized spacial score (nSPS) is 9.92. The molecule has 0 amide bonds. The summed E-state index contributed by atoms with van der Waals surface area (Å²) in [6.07, 6.45) is 0.387. The standard InChI is InChI=1S/C8H9F2NS/c1-6-5-7(12-11-6)3-2-4-8(9)10/h4-5H,2-3H2,1H3. The van der Waals surface area contributed by atoms with Crippen molar-refractivity contribution in [2.75, 3.05) is 0 Å². The minimum absolute atomic E-state index is 0.393. The molecule has 66 valence electrons. The lowest BCUT2D eigenvalue weighted by Crippen LogP contribution is -1.76. The summed E-state index contributed by atoms with van der Waals surface area (Å²) in [5.74, 6) is 0. The SMILES string of the molecule is Cc1cc(CCC=C(F)F)sn1. The largest absolute Gasteiger partial charge is 0.266 e. The van der Waals surface area contributed by atoms with Gasteiger partial charge in [-0.15, -0.1) is 0 Å². The number of hydrogen-bond donors (Lipinski definition) is 0. The van der Waals surface area contributed by atoms with Crippen LogP contribution < -0.4 is 0 Å². The van der Waals surface area contributed by atoms with Crippen molar-refractivity contribution in [2.45, 2.75) is 19.8 Å². The van der Waals surface area contributed by atoms with E-state index in [1.807, 2.05) is 13.0 Å². The average Bonchev–Trinajstić information content (AvgIpc) is 2.35. The second-order valence-electron chi connectivity index (χ2n) is 2.47. The van der Waals surface area contributed by atoms with Crippen LogP contribution in [0.3, 0.4) is 0 Å². The van der Waals surface area contributed by atoms with Crippen LogP contribution in [0, 0.1) is 6.92 Å². The first-order valence-corrected chi connectivity index (χ1v) is 4.39. The van der Waals surface area contributed by atoms with Crippen LogP contribution in [0.5, 0.6) is 0 Å². The van der Waals surface area contributed by atoms with E-state index in [0.717, 1.165) is 16.6 Å². The van der Waals surface area contributed by atoms with E-state index >= 15 is 0 Å². The molecule has 4 heteroatoms. The van der Waals surface area contributed by atoms with E-state index in [1.165, 1.54) is 11.5 Å². The molecule has 1 aromatic heterocycles. The highest BCUT2D eigenvalue weighted by atomic mass is 32.1. The summed E-state index contributed by atoms with van der Waals surface area (Å²) in [5, 5.41) is 0. The zero-order chi connectivity index (χ0) is 8.97. The maximum atomic E-state index is 11.6. The van der Waals surface area contributed by atoms with E-state index < -0.39 is 6.08 Å². The van der Waals surface area contributed by atoms with Crippen molar-refractivity contribution in [3.63, 3.8) is 0 Å². The molecule has 1 nitrogen and oxygen atoms in total. The maximum absolute atomic E-state index is 11.6. The maximum Gasteiger partial charge on any atom is 0.266 e. The van der Waals surface area contributed by atoms with Crippen LogP contribution in [0.25, 0.3) is 0 Å². The Labute approximate surface area is 73.9 Å². The topological polar surface area (TPSA) is 12.9 Å². The second-order valence-corrected chi connectivity index (χ2v) is 3.36. The van der Waals surface area contributed by atoms with Crippen LogP contribution in [0.1, 0.15) is 17.0 Å². The Morgan fingerprint density at radius 2 is 2.42 bits per heavy atom. The van der Waals surface area contributed by atoms with Crippen LogP contribution >= 0.6 is 11.5 Å². The monoisotopic (exact) mass is 189 g/mol. The zero-order valence-corrected chi connectivity index (χ0v) is 7.50. The van der Waals surface area contributed by atoms with E-state index in [0.29, 0.717) is 12.8 Å². The summed E-state index contributed by atoms with van der Waals surface area (Å²) >= 11 is 1.38. The number of halogens is 2. The third-order valence-electron chi connectivity index (χ3n) is 1.37. The average molecular weight is 189 g/mol. The van der Waals surface area contributed by atoms with E-state index in [4.69, 9.17) is 0 Å². The minimum Gasteiger partial charge on any atom is -0.198 e. The molecule has 0 aliphatic rings. The summed E-state index contributed by atoms with van der Waals surface area (Å²) in [6, 6.07) is 1.93. The summed E-state index contributed by atoms with van der Waals surface area (Å²) in [7, 11) is 0. The molecule has 0 aliphatic carbocycles. The molecule has 0 saturated carbocycles. The Bertz CT molecular complexity index is 276. The van der Waals surface area contributed by atoms with Crippen LogP contribution in [-0.4, -0.2) is 4.37 Å². The molecule has 0 aliphatic heterocycles. The first-order valence-electron chi connectivity index (χ1n) is 3.62. The molecule has 0 N–H and O–H groups in total. The van der Waals surface area contributed by atoms with Gasteiger partial charge in [-0.2, -0.15) is 13.2 Å². The zero-order valence-electron chi connectivity index (χ0n) is 6.68. The molecule has 1 heterocycles. The predicted molar refractivity (Wildman–Crippen MR) is 45.5 cm³/mol. The molecule has 0 spiro atoms. The van der Waals surface area contributed by atoms with E-state index in [1.54, 1.807) is 0 Å². The summed E-state index contributed by atoms with van der Waals surface area (Å²) in [4.78, 5) is 1.06. The fourth-order valence-electron chi connectivity index (χ4n) is 0.858. The molecule has 12 heavy (non-hydrogen) atoms. The van der Waals surface area contributed by atoms with Crippen molar-refractivity contribution in [1.29, 1.82) is 0 Å². The predicted octanol–water partition coefficient (Wildman–Crippen LogP) is 3.16. The lowest BCUT2D eigenvalue weighted by atomic mass is 10.2. The van der Waals surface area contributed by atoms with Crippen molar-refractivity contribution in [1.82, 2.24) is 4.37 Å². The van der Waals surface area contributed by atoms with Gasteiger partial charge in [-0.05, 0) is 43.4 Å². The highest BCUT2D eigenvalue weighted by Crippen LogP contribution is 2.12. The number of aryl methyl sites for hydroxylation is 2. The van der Waals surface area contributed by atoms with Crippen molar-refractivity contribution in [3.05, 3.63) is 28.8 Å². The molecule has 0 aromatic carbocycles. The molecule has 0 atom stereocenters. The molecule has 0 unspecified atom stereocenters. The smallest absolute Gasteiger partial charge is 0.198 e. The van der Waals surface area contributed by atoms with Crippen molar-refractivity contribution in [2.24, 2.45) is 0 Å². The molecule has 0 bridgehead atoms. The molecule has 0 fully saturated rings. The third-order valence-corrected chi connectivity index (χ3v) is 2.30. The van der Waals surface area contributed by atoms with Crippen LogP contribution in [0.2, 0.25) is 0 Å². The molecule has 0 radical (unpaired) electrons. The second kappa shape index (κ2) is 4.30. The molecular formula is C8H9F2NS. The van der Waals surface area contributed by atoms with Gasteiger partial charge in [0.15, 0.2) is 0 Å². The number of aromatic nitrogens is 1. The van der Waals surface area contributed by atoms with Gasteiger partial charge in [0, 0.05) is 4.88 Å². The summed E-state index contributed by atoms with van der Waals surface area (Å²) < 4.78 is 27.2.